The molecule has 1 atom stereocenters. The maximum Gasteiger partial charge on any atom is 0.344 e. The van der Waals surface area contributed by atoms with Gasteiger partial charge in [-0.2, -0.15) is 5.26 Å². The van der Waals surface area contributed by atoms with Crippen LogP contribution in [0.1, 0.15) is 28.2 Å². The molecular formula is C26H20ClN3O3. The second kappa shape index (κ2) is 8.81. The number of fused-ring (bicyclic) bond motifs is 3. The van der Waals surface area contributed by atoms with E-state index < -0.39 is 11.5 Å². The van der Waals surface area contributed by atoms with Crippen molar-refractivity contribution in [3.63, 3.8) is 0 Å². The van der Waals surface area contributed by atoms with Gasteiger partial charge in [-0.15, -0.1) is 0 Å². The third-order valence-corrected chi connectivity index (χ3v) is 5.67. The molecular weight excluding hydrogens is 438 g/mol. The number of benzene rings is 2. The quantitative estimate of drug-likeness (QED) is 0.360. The first-order valence-electron chi connectivity index (χ1n) is 10.2. The lowest BCUT2D eigenvalue weighted by Gasteiger charge is -2.25. The maximum atomic E-state index is 12.9. The van der Waals surface area contributed by atoms with Crippen molar-refractivity contribution in [3.8, 4) is 11.8 Å². The van der Waals surface area contributed by atoms with Crippen LogP contribution in [0.3, 0.4) is 0 Å². The molecule has 1 unspecified atom stereocenters. The number of nitriles is 1. The van der Waals surface area contributed by atoms with Gasteiger partial charge in [0.05, 0.1) is 16.9 Å². The molecule has 0 radical (unpaired) electrons. The predicted octanol–water partition coefficient (Wildman–Crippen LogP) is 0.659. The zero-order valence-corrected chi connectivity index (χ0v) is 18.5. The summed E-state index contributed by atoms with van der Waals surface area (Å²) in [5.41, 5.74) is 9.61. The normalized spacial score (nSPS) is 14.7. The van der Waals surface area contributed by atoms with Gasteiger partial charge in [0.2, 0.25) is 5.88 Å². The maximum absolute atomic E-state index is 12.9. The zero-order chi connectivity index (χ0) is 22.2. The Bertz CT molecular complexity index is 1480. The molecule has 2 aromatic carbocycles. The number of aryl methyl sites for hydroxylation is 1. The molecule has 3 heterocycles. The van der Waals surface area contributed by atoms with Crippen LogP contribution in [0.4, 0.5) is 0 Å². The number of nitrogens with zero attached hydrogens (tertiary/aromatic N) is 2. The van der Waals surface area contributed by atoms with Crippen molar-refractivity contribution in [3.05, 3.63) is 117 Å². The van der Waals surface area contributed by atoms with Crippen LogP contribution < -0.4 is 33.1 Å². The molecule has 2 aromatic heterocycles. The minimum atomic E-state index is -0.668. The smallest absolute Gasteiger partial charge is 0.344 e. The Morgan fingerprint density at radius 2 is 1.85 bits per heavy atom. The van der Waals surface area contributed by atoms with Crippen molar-refractivity contribution in [1.82, 2.24) is 0 Å². The number of hydrogen-bond donors (Lipinski definition) is 1. The summed E-state index contributed by atoms with van der Waals surface area (Å²) in [4.78, 5) is 12.9. The number of pyridine rings is 1. The number of para-hydroxylation sites is 1. The molecule has 2 N–H and O–H groups in total. The Labute approximate surface area is 196 Å². The Morgan fingerprint density at radius 1 is 1.09 bits per heavy atom. The van der Waals surface area contributed by atoms with Crippen LogP contribution in [0.2, 0.25) is 0 Å². The van der Waals surface area contributed by atoms with E-state index in [0.717, 1.165) is 5.56 Å². The second-order valence-electron chi connectivity index (χ2n) is 7.85. The highest BCUT2D eigenvalue weighted by molar-refractivity contribution is 5.85. The SMILES string of the molecule is Cc1cccc(C[n+]2ccc(C3C(C#N)=C(N)Oc4c3c(=O)oc3ccccc43)cc2)c1.[Cl-]. The van der Waals surface area contributed by atoms with Crippen LogP contribution in [-0.2, 0) is 6.54 Å². The molecule has 33 heavy (non-hydrogen) atoms. The van der Waals surface area contributed by atoms with E-state index in [1.165, 1.54) is 11.1 Å². The Balaban J connectivity index is 0.00000259. The Hall–Kier alpha value is -4.08. The molecule has 0 bridgehead atoms. The van der Waals surface area contributed by atoms with Crippen LogP contribution in [-0.4, -0.2) is 0 Å². The van der Waals surface area contributed by atoms with Crippen molar-refractivity contribution in [2.45, 2.75) is 19.4 Å². The topological polar surface area (TPSA) is 93.1 Å². The first-order chi connectivity index (χ1) is 15.5. The van der Waals surface area contributed by atoms with E-state index in [2.05, 4.69) is 31.2 Å². The van der Waals surface area contributed by atoms with E-state index in [1.807, 2.05) is 41.2 Å². The number of ether oxygens (including phenoxy) is 1. The molecule has 0 amide bonds. The van der Waals surface area contributed by atoms with Crippen molar-refractivity contribution < 1.29 is 26.1 Å². The fourth-order valence-electron chi connectivity index (χ4n) is 4.19. The second-order valence-corrected chi connectivity index (χ2v) is 7.85. The predicted molar refractivity (Wildman–Crippen MR) is 119 cm³/mol. The summed E-state index contributed by atoms with van der Waals surface area (Å²) >= 11 is 0. The van der Waals surface area contributed by atoms with Crippen molar-refractivity contribution in [2.75, 3.05) is 0 Å². The van der Waals surface area contributed by atoms with Gasteiger partial charge in [-0.3, -0.25) is 0 Å². The summed E-state index contributed by atoms with van der Waals surface area (Å²) in [5, 5.41) is 10.4. The summed E-state index contributed by atoms with van der Waals surface area (Å²) in [6, 6.07) is 21.4. The molecule has 0 aliphatic carbocycles. The lowest BCUT2D eigenvalue weighted by atomic mass is 9.84. The van der Waals surface area contributed by atoms with Crippen molar-refractivity contribution in [1.29, 1.82) is 5.26 Å². The van der Waals surface area contributed by atoms with Crippen LogP contribution in [0.15, 0.2) is 93.7 Å². The number of aromatic nitrogens is 1. The van der Waals surface area contributed by atoms with Crippen molar-refractivity contribution >= 4 is 11.0 Å². The lowest BCUT2D eigenvalue weighted by Crippen LogP contribution is -3.00. The summed E-state index contributed by atoms with van der Waals surface area (Å²) in [6.45, 7) is 2.78. The summed E-state index contributed by atoms with van der Waals surface area (Å²) in [6.07, 6.45) is 3.86. The fourth-order valence-corrected chi connectivity index (χ4v) is 4.19. The molecule has 5 rings (SSSR count). The Morgan fingerprint density at radius 3 is 2.58 bits per heavy atom. The average Bonchev–Trinajstić information content (AvgIpc) is 2.79. The van der Waals surface area contributed by atoms with Gasteiger partial charge < -0.3 is 27.3 Å². The molecule has 0 fully saturated rings. The number of halogens is 1. The van der Waals surface area contributed by atoms with Crippen LogP contribution in [0.5, 0.6) is 5.75 Å². The van der Waals surface area contributed by atoms with Crippen LogP contribution >= 0.6 is 0 Å². The third kappa shape index (κ3) is 3.95. The molecule has 0 spiro atoms. The highest BCUT2D eigenvalue weighted by Gasteiger charge is 2.35. The number of nitrogens with two attached hydrogens (primary N) is 1. The van der Waals surface area contributed by atoms with E-state index in [-0.39, 0.29) is 29.4 Å². The van der Waals surface area contributed by atoms with Gasteiger partial charge in [0.15, 0.2) is 24.7 Å². The Kier molecular flexibility index (Phi) is 5.91. The summed E-state index contributed by atoms with van der Waals surface area (Å²) < 4.78 is 13.3. The molecule has 1 aliphatic heterocycles. The summed E-state index contributed by atoms with van der Waals surface area (Å²) in [5.74, 6) is -0.328. The van der Waals surface area contributed by atoms with E-state index in [0.29, 0.717) is 23.3 Å². The van der Waals surface area contributed by atoms with Gasteiger partial charge in [-0.05, 0) is 30.7 Å². The van der Waals surface area contributed by atoms with Crippen molar-refractivity contribution in [2.24, 2.45) is 5.73 Å². The number of rotatable bonds is 3. The first kappa shape index (κ1) is 22.1. The van der Waals surface area contributed by atoms with Gasteiger partial charge in [0, 0.05) is 17.7 Å². The minimum absolute atomic E-state index is 0. The molecule has 7 heteroatoms. The molecule has 4 aromatic rings. The van der Waals surface area contributed by atoms with E-state index in [4.69, 9.17) is 14.9 Å². The highest BCUT2D eigenvalue weighted by Crippen LogP contribution is 2.43. The first-order valence-corrected chi connectivity index (χ1v) is 10.2. The highest BCUT2D eigenvalue weighted by atomic mass is 35.5. The van der Waals surface area contributed by atoms with Gasteiger partial charge in [-0.1, -0.05) is 35.9 Å². The van der Waals surface area contributed by atoms with E-state index >= 15 is 0 Å². The van der Waals surface area contributed by atoms with Crippen LogP contribution in [0, 0.1) is 18.3 Å². The average molecular weight is 458 g/mol. The monoisotopic (exact) mass is 457 g/mol. The number of allylic oxidation sites excluding steroid dienone is 1. The summed E-state index contributed by atoms with van der Waals surface area (Å²) in [7, 11) is 0. The lowest BCUT2D eigenvalue weighted by molar-refractivity contribution is -0.688. The molecule has 0 saturated carbocycles. The van der Waals surface area contributed by atoms with Gasteiger partial charge >= 0.3 is 5.63 Å². The molecule has 0 saturated heterocycles. The van der Waals surface area contributed by atoms with E-state index in [1.54, 1.807) is 18.2 Å². The molecule has 1 aliphatic rings. The van der Waals surface area contributed by atoms with Gasteiger partial charge in [0.1, 0.15) is 17.2 Å². The minimum Gasteiger partial charge on any atom is -1.00 e. The largest absolute Gasteiger partial charge is 1.00 e. The third-order valence-electron chi connectivity index (χ3n) is 5.67. The standard InChI is InChI=1S/C26H20N3O3.ClH/c1-16-5-4-6-17(13-16)15-29-11-9-18(10-12-29)22-20(14-27)25(28)32-24-19-7-2-3-8-21(19)31-26(30)23(22)24;/h2-13,22H,15,28H2,1H3;1H/q+1;/p-1. The molecule has 164 valence electrons. The molecule has 6 nitrogen and oxygen atoms in total. The number of hydrogen-bond acceptors (Lipinski definition) is 5. The van der Waals surface area contributed by atoms with Gasteiger partial charge in [-0.25, -0.2) is 9.36 Å². The van der Waals surface area contributed by atoms with Crippen LogP contribution in [0.25, 0.3) is 11.0 Å². The zero-order valence-electron chi connectivity index (χ0n) is 17.8. The van der Waals surface area contributed by atoms with E-state index in [9.17, 15) is 10.1 Å². The fraction of sp³-hybridized carbons (Fsp3) is 0.115. The van der Waals surface area contributed by atoms with Gasteiger partial charge in [0.25, 0.3) is 0 Å².